The minimum Gasteiger partial charge on any atom is -0.395 e. The minimum atomic E-state index is 0.0414. The molecule has 1 aliphatic heterocycles. The lowest BCUT2D eigenvalue weighted by Gasteiger charge is -2.34. The molecule has 0 bridgehead atoms. The first kappa shape index (κ1) is 16.4. The zero-order valence-corrected chi connectivity index (χ0v) is 13.7. The first-order valence-corrected chi connectivity index (χ1v) is 8.08. The molecule has 0 unspecified atom stereocenters. The summed E-state index contributed by atoms with van der Waals surface area (Å²) in [5.41, 5.74) is 0.815. The molecule has 0 spiro atoms. The van der Waals surface area contributed by atoms with Crippen molar-refractivity contribution >= 4 is 27.5 Å². The quantitative estimate of drug-likeness (QED) is 0.809. The number of hydrogen-bond acceptors (Lipinski definition) is 4. The topological polar surface area (TPSA) is 55.8 Å². The summed E-state index contributed by atoms with van der Waals surface area (Å²) in [4.78, 5) is 16.5. The fraction of sp³-hybridized carbons (Fsp3) is 0.533. The van der Waals surface area contributed by atoms with Crippen LogP contribution in [0, 0.1) is 0 Å². The predicted octanol–water partition coefficient (Wildman–Crippen LogP) is 1.39. The number of para-hydroxylation sites is 1. The van der Waals surface area contributed by atoms with Crippen LogP contribution >= 0.6 is 15.9 Å². The number of rotatable bonds is 6. The lowest BCUT2D eigenvalue weighted by molar-refractivity contribution is -0.116. The van der Waals surface area contributed by atoms with Gasteiger partial charge in [-0.1, -0.05) is 12.1 Å². The average molecular weight is 356 g/mol. The molecule has 1 heterocycles. The van der Waals surface area contributed by atoms with E-state index in [-0.39, 0.29) is 12.5 Å². The molecule has 0 aliphatic carbocycles. The fourth-order valence-corrected chi connectivity index (χ4v) is 2.80. The van der Waals surface area contributed by atoms with Crippen molar-refractivity contribution in [1.29, 1.82) is 0 Å². The maximum Gasteiger partial charge on any atom is 0.225 e. The molecule has 0 saturated carbocycles. The summed E-state index contributed by atoms with van der Waals surface area (Å²) in [6, 6.07) is 7.62. The van der Waals surface area contributed by atoms with E-state index in [1.165, 1.54) is 0 Å². The molecule has 0 atom stereocenters. The molecule has 5 nitrogen and oxygen atoms in total. The van der Waals surface area contributed by atoms with Crippen molar-refractivity contribution in [2.24, 2.45) is 0 Å². The van der Waals surface area contributed by atoms with E-state index in [2.05, 4.69) is 31.0 Å². The van der Waals surface area contributed by atoms with Crippen molar-refractivity contribution in [1.82, 2.24) is 9.80 Å². The molecule has 2 rings (SSSR count). The van der Waals surface area contributed by atoms with Gasteiger partial charge in [-0.05, 0) is 28.1 Å². The Kier molecular flexibility index (Phi) is 6.63. The number of hydrogen-bond donors (Lipinski definition) is 2. The van der Waals surface area contributed by atoms with Gasteiger partial charge in [0.2, 0.25) is 5.91 Å². The van der Waals surface area contributed by atoms with Crippen LogP contribution in [0.2, 0.25) is 0 Å². The Bertz CT molecular complexity index is 462. The number of carbonyl (C=O) groups excluding carboxylic acids is 1. The largest absolute Gasteiger partial charge is 0.395 e. The molecule has 116 valence electrons. The van der Waals surface area contributed by atoms with Crippen LogP contribution in [0.15, 0.2) is 28.7 Å². The van der Waals surface area contributed by atoms with Crippen LogP contribution in [0.1, 0.15) is 6.42 Å². The van der Waals surface area contributed by atoms with Crippen molar-refractivity contribution in [2.75, 3.05) is 51.2 Å². The maximum atomic E-state index is 12.0. The molecule has 6 heteroatoms. The van der Waals surface area contributed by atoms with Crippen LogP contribution in [0.5, 0.6) is 0 Å². The van der Waals surface area contributed by atoms with Crippen molar-refractivity contribution < 1.29 is 9.90 Å². The Morgan fingerprint density at radius 2 is 1.76 bits per heavy atom. The van der Waals surface area contributed by atoms with E-state index in [4.69, 9.17) is 5.11 Å². The monoisotopic (exact) mass is 355 g/mol. The summed E-state index contributed by atoms with van der Waals surface area (Å²) < 4.78 is 0.899. The number of aliphatic hydroxyl groups is 1. The molecule has 1 saturated heterocycles. The van der Waals surface area contributed by atoms with Crippen molar-refractivity contribution in [3.05, 3.63) is 28.7 Å². The molecule has 2 N–H and O–H groups in total. The lowest BCUT2D eigenvalue weighted by Crippen LogP contribution is -2.47. The highest BCUT2D eigenvalue weighted by molar-refractivity contribution is 9.10. The van der Waals surface area contributed by atoms with Gasteiger partial charge in [0.1, 0.15) is 0 Å². The van der Waals surface area contributed by atoms with Crippen LogP contribution in [-0.4, -0.2) is 66.7 Å². The number of nitrogens with zero attached hydrogens (tertiary/aromatic N) is 2. The number of piperazine rings is 1. The number of aliphatic hydroxyl groups excluding tert-OH is 1. The van der Waals surface area contributed by atoms with Crippen LogP contribution in [0.3, 0.4) is 0 Å². The Morgan fingerprint density at radius 3 is 2.38 bits per heavy atom. The number of nitrogens with one attached hydrogen (secondary N) is 1. The summed E-state index contributed by atoms with van der Waals surface area (Å²) in [5.74, 6) is 0.0414. The second-order valence-corrected chi connectivity index (χ2v) is 6.04. The van der Waals surface area contributed by atoms with Gasteiger partial charge < -0.3 is 15.3 Å². The summed E-state index contributed by atoms with van der Waals surface area (Å²) in [6.07, 6.45) is 0.501. The van der Waals surface area contributed by atoms with E-state index in [1.807, 2.05) is 24.3 Å². The third-order valence-corrected chi connectivity index (χ3v) is 4.38. The normalized spacial score (nSPS) is 16.9. The molecular weight excluding hydrogens is 334 g/mol. The van der Waals surface area contributed by atoms with Gasteiger partial charge in [0.15, 0.2) is 0 Å². The van der Waals surface area contributed by atoms with E-state index in [0.717, 1.165) is 49.4 Å². The van der Waals surface area contributed by atoms with Crippen molar-refractivity contribution in [3.63, 3.8) is 0 Å². The number of amides is 1. The Hall–Kier alpha value is -0.950. The molecule has 0 radical (unpaired) electrons. The standard InChI is InChI=1S/C15H22BrN3O2/c16-13-3-1-2-4-14(13)17-15(21)5-6-18-7-9-19(10-8-18)11-12-20/h1-4,20H,5-12H2,(H,17,21). The SMILES string of the molecule is O=C(CCN1CCN(CCO)CC1)Nc1ccccc1Br. The van der Waals surface area contributed by atoms with Gasteiger partial charge in [-0.25, -0.2) is 0 Å². The molecule has 1 fully saturated rings. The van der Waals surface area contributed by atoms with Gasteiger partial charge in [0.05, 0.1) is 12.3 Å². The van der Waals surface area contributed by atoms with Gasteiger partial charge in [-0.15, -0.1) is 0 Å². The third kappa shape index (κ3) is 5.39. The number of benzene rings is 1. The van der Waals surface area contributed by atoms with E-state index in [1.54, 1.807) is 0 Å². The molecular formula is C15H22BrN3O2. The smallest absolute Gasteiger partial charge is 0.225 e. The molecule has 1 aliphatic rings. The number of β-amino-alcohol motifs (C(OH)–C–C–N with tert-alkyl or cyclic N) is 1. The van der Waals surface area contributed by atoms with Gasteiger partial charge in [0, 0.05) is 50.2 Å². The van der Waals surface area contributed by atoms with Crippen molar-refractivity contribution in [2.45, 2.75) is 6.42 Å². The Balaban J connectivity index is 1.69. The van der Waals surface area contributed by atoms with Crippen molar-refractivity contribution in [3.8, 4) is 0 Å². The zero-order valence-electron chi connectivity index (χ0n) is 12.1. The van der Waals surface area contributed by atoms with Gasteiger partial charge in [-0.3, -0.25) is 9.69 Å². The van der Waals surface area contributed by atoms with E-state index >= 15 is 0 Å². The molecule has 1 amide bonds. The van der Waals surface area contributed by atoms with E-state index < -0.39 is 0 Å². The average Bonchev–Trinajstić information content (AvgIpc) is 2.49. The first-order chi connectivity index (χ1) is 10.2. The number of halogens is 1. The molecule has 1 aromatic carbocycles. The second-order valence-electron chi connectivity index (χ2n) is 5.18. The molecule has 1 aromatic rings. The zero-order chi connectivity index (χ0) is 15.1. The van der Waals surface area contributed by atoms with Crippen LogP contribution in [0.4, 0.5) is 5.69 Å². The van der Waals surface area contributed by atoms with Crippen LogP contribution in [0.25, 0.3) is 0 Å². The highest BCUT2D eigenvalue weighted by Crippen LogP contribution is 2.21. The highest BCUT2D eigenvalue weighted by atomic mass is 79.9. The van der Waals surface area contributed by atoms with Gasteiger partial charge >= 0.3 is 0 Å². The summed E-state index contributed by atoms with van der Waals surface area (Å²) >= 11 is 3.42. The number of anilines is 1. The summed E-state index contributed by atoms with van der Waals surface area (Å²) in [7, 11) is 0. The highest BCUT2D eigenvalue weighted by Gasteiger charge is 2.17. The van der Waals surface area contributed by atoms with Crippen LogP contribution < -0.4 is 5.32 Å². The Morgan fingerprint density at radius 1 is 1.14 bits per heavy atom. The fourth-order valence-electron chi connectivity index (χ4n) is 2.41. The Labute approximate surface area is 134 Å². The van der Waals surface area contributed by atoms with Gasteiger partial charge in [-0.2, -0.15) is 0 Å². The van der Waals surface area contributed by atoms with Gasteiger partial charge in [0.25, 0.3) is 0 Å². The molecule has 21 heavy (non-hydrogen) atoms. The second kappa shape index (κ2) is 8.48. The predicted molar refractivity (Wildman–Crippen MR) is 87.4 cm³/mol. The summed E-state index contributed by atoms with van der Waals surface area (Å²) in [6.45, 7) is 5.59. The minimum absolute atomic E-state index is 0.0414. The lowest BCUT2D eigenvalue weighted by atomic mass is 10.2. The summed E-state index contributed by atoms with van der Waals surface area (Å²) in [5, 5.41) is 11.8. The first-order valence-electron chi connectivity index (χ1n) is 7.29. The van der Waals surface area contributed by atoms with E-state index in [0.29, 0.717) is 6.42 Å². The maximum absolute atomic E-state index is 12.0. The van der Waals surface area contributed by atoms with E-state index in [9.17, 15) is 4.79 Å². The molecule has 0 aromatic heterocycles. The van der Waals surface area contributed by atoms with Crippen LogP contribution in [-0.2, 0) is 4.79 Å². The number of carbonyl (C=O) groups is 1. The third-order valence-electron chi connectivity index (χ3n) is 3.68.